The van der Waals surface area contributed by atoms with Crippen molar-refractivity contribution in [1.29, 1.82) is 0 Å². The Labute approximate surface area is 93.4 Å². The molecule has 0 aromatic carbocycles. The van der Waals surface area contributed by atoms with Crippen molar-refractivity contribution in [3.63, 3.8) is 0 Å². The van der Waals surface area contributed by atoms with Gasteiger partial charge in [-0.05, 0) is 42.8 Å². The third-order valence-electron chi connectivity index (χ3n) is 2.10. The number of nitrogen functional groups attached to an aromatic ring is 1. The molecule has 0 amide bonds. The Kier molecular flexibility index (Phi) is 3.75. The number of halogens is 1. The van der Waals surface area contributed by atoms with Crippen LogP contribution < -0.4 is 10.6 Å². The van der Waals surface area contributed by atoms with Crippen molar-refractivity contribution in [1.82, 2.24) is 4.98 Å². The van der Waals surface area contributed by atoms with Crippen LogP contribution in [-0.2, 0) is 0 Å². The highest BCUT2D eigenvalue weighted by atomic mass is 79.9. The predicted molar refractivity (Wildman–Crippen MR) is 64.5 cm³/mol. The molecule has 0 saturated heterocycles. The van der Waals surface area contributed by atoms with Crippen LogP contribution in [0.5, 0.6) is 0 Å². The number of nitrogens with zero attached hydrogens (tertiary/aromatic N) is 2. The zero-order valence-electron chi connectivity index (χ0n) is 8.79. The summed E-state index contributed by atoms with van der Waals surface area (Å²) in [7, 11) is 0. The average molecular weight is 258 g/mol. The third-order valence-corrected chi connectivity index (χ3v) is 2.53. The molecular weight excluding hydrogens is 242 g/mol. The second kappa shape index (κ2) is 4.64. The zero-order chi connectivity index (χ0) is 10.7. The number of pyridine rings is 1. The van der Waals surface area contributed by atoms with E-state index in [0.29, 0.717) is 6.04 Å². The molecule has 4 heteroatoms. The van der Waals surface area contributed by atoms with Gasteiger partial charge in [-0.25, -0.2) is 4.98 Å². The van der Waals surface area contributed by atoms with E-state index in [1.807, 2.05) is 6.07 Å². The van der Waals surface area contributed by atoms with Crippen molar-refractivity contribution in [3.05, 3.63) is 16.7 Å². The molecule has 0 saturated carbocycles. The molecule has 78 valence electrons. The van der Waals surface area contributed by atoms with Gasteiger partial charge in [0.1, 0.15) is 0 Å². The van der Waals surface area contributed by atoms with Crippen molar-refractivity contribution in [2.75, 3.05) is 17.2 Å². The number of anilines is 2. The normalized spacial score (nSPS) is 10.6. The molecule has 0 fully saturated rings. The van der Waals surface area contributed by atoms with E-state index in [9.17, 15) is 0 Å². The highest BCUT2D eigenvalue weighted by Crippen LogP contribution is 2.24. The van der Waals surface area contributed by atoms with Gasteiger partial charge in [-0.15, -0.1) is 0 Å². The Hall–Kier alpha value is -0.770. The monoisotopic (exact) mass is 257 g/mol. The standard InChI is InChI=1S/C10H16BrN3/c1-4-14(7(2)3)10-9(12)5-8(11)6-13-10/h5-7H,4,12H2,1-3H3. The minimum absolute atomic E-state index is 0.413. The largest absolute Gasteiger partial charge is 0.396 e. The fourth-order valence-electron chi connectivity index (χ4n) is 1.45. The lowest BCUT2D eigenvalue weighted by Gasteiger charge is -2.27. The molecule has 0 unspecified atom stereocenters. The highest BCUT2D eigenvalue weighted by Gasteiger charge is 2.12. The lowest BCUT2D eigenvalue weighted by atomic mass is 10.3. The molecule has 14 heavy (non-hydrogen) atoms. The topological polar surface area (TPSA) is 42.2 Å². The summed E-state index contributed by atoms with van der Waals surface area (Å²) in [4.78, 5) is 6.49. The maximum Gasteiger partial charge on any atom is 0.152 e. The zero-order valence-corrected chi connectivity index (χ0v) is 10.4. The first-order chi connectivity index (χ1) is 6.56. The average Bonchev–Trinajstić information content (AvgIpc) is 2.09. The Bertz CT molecular complexity index is 312. The SMILES string of the molecule is CCN(c1ncc(Br)cc1N)C(C)C. The van der Waals surface area contributed by atoms with E-state index >= 15 is 0 Å². The van der Waals surface area contributed by atoms with E-state index < -0.39 is 0 Å². The molecule has 0 spiro atoms. The molecule has 2 N–H and O–H groups in total. The van der Waals surface area contributed by atoms with Crippen molar-refractivity contribution in [2.45, 2.75) is 26.8 Å². The van der Waals surface area contributed by atoms with Gasteiger partial charge in [0.2, 0.25) is 0 Å². The summed E-state index contributed by atoms with van der Waals surface area (Å²) in [5.74, 6) is 0.866. The number of nitrogens with two attached hydrogens (primary N) is 1. The molecule has 1 rings (SSSR count). The summed E-state index contributed by atoms with van der Waals surface area (Å²) < 4.78 is 0.915. The second-order valence-corrected chi connectivity index (χ2v) is 4.36. The van der Waals surface area contributed by atoms with Crippen LogP contribution in [-0.4, -0.2) is 17.6 Å². The van der Waals surface area contributed by atoms with Gasteiger partial charge in [-0.3, -0.25) is 0 Å². The van der Waals surface area contributed by atoms with Gasteiger partial charge in [0.25, 0.3) is 0 Å². The maximum atomic E-state index is 5.90. The van der Waals surface area contributed by atoms with Gasteiger partial charge < -0.3 is 10.6 Å². The van der Waals surface area contributed by atoms with Crippen LogP contribution in [0.15, 0.2) is 16.7 Å². The first-order valence-electron chi connectivity index (χ1n) is 4.74. The van der Waals surface area contributed by atoms with Crippen LogP contribution in [0.1, 0.15) is 20.8 Å². The molecule has 0 atom stereocenters. The van der Waals surface area contributed by atoms with Gasteiger partial charge in [0.05, 0.1) is 5.69 Å². The van der Waals surface area contributed by atoms with Crippen LogP contribution in [0.25, 0.3) is 0 Å². The van der Waals surface area contributed by atoms with Gasteiger partial charge in [0, 0.05) is 23.3 Å². The first-order valence-corrected chi connectivity index (χ1v) is 5.53. The van der Waals surface area contributed by atoms with Gasteiger partial charge in [-0.1, -0.05) is 0 Å². The summed E-state index contributed by atoms with van der Waals surface area (Å²) in [6.45, 7) is 7.28. The number of aromatic nitrogens is 1. The number of hydrogen-bond acceptors (Lipinski definition) is 3. The Morgan fingerprint density at radius 1 is 1.57 bits per heavy atom. The molecule has 3 nitrogen and oxygen atoms in total. The summed E-state index contributed by atoms with van der Waals surface area (Å²) >= 11 is 3.34. The molecule has 0 aliphatic heterocycles. The molecule has 0 radical (unpaired) electrons. The Balaban J connectivity index is 3.04. The number of rotatable bonds is 3. The summed E-state index contributed by atoms with van der Waals surface area (Å²) in [5.41, 5.74) is 6.62. The van der Waals surface area contributed by atoms with Gasteiger partial charge >= 0.3 is 0 Å². The number of hydrogen-bond donors (Lipinski definition) is 1. The highest BCUT2D eigenvalue weighted by molar-refractivity contribution is 9.10. The van der Waals surface area contributed by atoms with Crippen LogP contribution in [0, 0.1) is 0 Å². The third kappa shape index (κ3) is 2.38. The maximum absolute atomic E-state index is 5.90. The van der Waals surface area contributed by atoms with E-state index in [1.165, 1.54) is 0 Å². The first kappa shape index (κ1) is 11.3. The molecule has 1 aromatic rings. The predicted octanol–water partition coefficient (Wildman–Crippen LogP) is 2.66. The molecule has 0 bridgehead atoms. The van der Waals surface area contributed by atoms with E-state index in [0.717, 1.165) is 22.5 Å². The Morgan fingerprint density at radius 3 is 2.64 bits per heavy atom. The van der Waals surface area contributed by atoms with Crippen molar-refractivity contribution < 1.29 is 0 Å². The lowest BCUT2D eigenvalue weighted by Crippen LogP contribution is -2.31. The Morgan fingerprint density at radius 2 is 2.21 bits per heavy atom. The van der Waals surface area contributed by atoms with Crippen LogP contribution in [0.4, 0.5) is 11.5 Å². The van der Waals surface area contributed by atoms with Crippen LogP contribution in [0.2, 0.25) is 0 Å². The van der Waals surface area contributed by atoms with E-state index in [4.69, 9.17) is 5.73 Å². The fourth-order valence-corrected chi connectivity index (χ4v) is 1.80. The summed E-state index contributed by atoms with van der Waals surface area (Å²) in [6, 6.07) is 2.30. The summed E-state index contributed by atoms with van der Waals surface area (Å²) in [5, 5.41) is 0. The van der Waals surface area contributed by atoms with Crippen molar-refractivity contribution in [2.24, 2.45) is 0 Å². The van der Waals surface area contributed by atoms with Crippen molar-refractivity contribution >= 4 is 27.4 Å². The molecule has 0 aliphatic rings. The van der Waals surface area contributed by atoms with E-state index in [-0.39, 0.29) is 0 Å². The minimum atomic E-state index is 0.413. The minimum Gasteiger partial charge on any atom is -0.396 e. The van der Waals surface area contributed by atoms with E-state index in [2.05, 4.69) is 46.6 Å². The molecular formula is C10H16BrN3. The van der Waals surface area contributed by atoms with Crippen LogP contribution >= 0.6 is 15.9 Å². The van der Waals surface area contributed by atoms with Gasteiger partial charge in [-0.2, -0.15) is 0 Å². The van der Waals surface area contributed by atoms with Gasteiger partial charge in [0.15, 0.2) is 5.82 Å². The summed E-state index contributed by atoms with van der Waals surface area (Å²) in [6.07, 6.45) is 1.77. The lowest BCUT2D eigenvalue weighted by molar-refractivity contribution is 0.694. The molecule has 0 aliphatic carbocycles. The molecule has 1 heterocycles. The molecule has 1 aromatic heterocycles. The van der Waals surface area contributed by atoms with Crippen molar-refractivity contribution in [3.8, 4) is 0 Å². The quantitative estimate of drug-likeness (QED) is 0.906. The second-order valence-electron chi connectivity index (χ2n) is 3.45. The van der Waals surface area contributed by atoms with Crippen LogP contribution in [0.3, 0.4) is 0 Å². The van der Waals surface area contributed by atoms with E-state index in [1.54, 1.807) is 6.20 Å². The smallest absolute Gasteiger partial charge is 0.152 e. The fraction of sp³-hybridized carbons (Fsp3) is 0.500.